The van der Waals surface area contributed by atoms with Crippen molar-refractivity contribution in [3.63, 3.8) is 0 Å². The first-order chi connectivity index (χ1) is 11.3. The predicted molar refractivity (Wildman–Crippen MR) is 95.9 cm³/mol. The molecule has 1 N–H and O–H groups in total. The number of nitrogens with zero attached hydrogens (tertiary/aromatic N) is 2. The van der Waals surface area contributed by atoms with E-state index in [2.05, 4.69) is 5.32 Å². The van der Waals surface area contributed by atoms with Crippen LogP contribution in [0.25, 0.3) is 0 Å². The summed E-state index contributed by atoms with van der Waals surface area (Å²) in [5.41, 5.74) is 1.98. The van der Waals surface area contributed by atoms with Crippen LogP contribution in [-0.2, 0) is 11.2 Å². The molecule has 0 aromatic heterocycles. The average molecular weight is 331 g/mol. The quantitative estimate of drug-likeness (QED) is 0.905. The summed E-state index contributed by atoms with van der Waals surface area (Å²) in [6, 6.07) is 7.95. The third-order valence-electron chi connectivity index (χ3n) is 4.22. The molecule has 1 heterocycles. The van der Waals surface area contributed by atoms with Crippen molar-refractivity contribution in [2.45, 2.75) is 46.1 Å². The molecule has 5 nitrogen and oxygen atoms in total. The molecule has 1 aliphatic heterocycles. The van der Waals surface area contributed by atoms with Gasteiger partial charge < -0.3 is 15.1 Å². The van der Waals surface area contributed by atoms with Gasteiger partial charge in [0.2, 0.25) is 5.91 Å². The number of benzene rings is 1. The second-order valence-electron chi connectivity index (χ2n) is 7.50. The number of amides is 3. The van der Waals surface area contributed by atoms with Gasteiger partial charge in [-0.15, -0.1) is 0 Å². The minimum Gasteiger partial charge on any atom is -0.341 e. The number of rotatable bonds is 2. The molecule has 1 aromatic rings. The van der Waals surface area contributed by atoms with Crippen LogP contribution in [0, 0.1) is 6.92 Å². The van der Waals surface area contributed by atoms with E-state index >= 15 is 0 Å². The van der Waals surface area contributed by atoms with Gasteiger partial charge in [-0.25, -0.2) is 4.79 Å². The SMILES string of the molecule is Cc1ccccc1CC(=O)N1CCCN(C(=O)NC(C)(C)C)CC1. The molecule has 0 aliphatic carbocycles. The van der Waals surface area contributed by atoms with Gasteiger partial charge in [0.15, 0.2) is 0 Å². The van der Waals surface area contributed by atoms with Crippen LogP contribution in [0.15, 0.2) is 24.3 Å². The van der Waals surface area contributed by atoms with Crippen molar-refractivity contribution in [3.05, 3.63) is 35.4 Å². The predicted octanol–water partition coefficient (Wildman–Crippen LogP) is 2.58. The Labute approximate surface area is 145 Å². The largest absolute Gasteiger partial charge is 0.341 e. The van der Waals surface area contributed by atoms with Crippen LogP contribution >= 0.6 is 0 Å². The summed E-state index contributed by atoms with van der Waals surface area (Å²) in [4.78, 5) is 28.6. The van der Waals surface area contributed by atoms with Gasteiger partial charge in [0.1, 0.15) is 0 Å². The lowest BCUT2D eigenvalue weighted by Crippen LogP contribution is -2.49. The molecule has 24 heavy (non-hydrogen) atoms. The highest BCUT2D eigenvalue weighted by atomic mass is 16.2. The normalized spacial score (nSPS) is 15.8. The van der Waals surface area contributed by atoms with E-state index in [9.17, 15) is 9.59 Å². The van der Waals surface area contributed by atoms with Gasteiger partial charge in [0, 0.05) is 31.7 Å². The fraction of sp³-hybridized carbons (Fsp3) is 0.579. The van der Waals surface area contributed by atoms with Gasteiger partial charge in [-0.3, -0.25) is 4.79 Å². The first-order valence-electron chi connectivity index (χ1n) is 8.65. The van der Waals surface area contributed by atoms with E-state index in [4.69, 9.17) is 0 Å². The second kappa shape index (κ2) is 7.69. The van der Waals surface area contributed by atoms with Gasteiger partial charge in [-0.2, -0.15) is 0 Å². The first kappa shape index (κ1) is 18.3. The van der Waals surface area contributed by atoms with Crippen LogP contribution in [0.2, 0.25) is 0 Å². The fourth-order valence-corrected chi connectivity index (χ4v) is 2.85. The summed E-state index contributed by atoms with van der Waals surface area (Å²) >= 11 is 0. The minimum absolute atomic E-state index is 0.0456. The summed E-state index contributed by atoms with van der Waals surface area (Å²) in [5.74, 6) is 0.141. The van der Waals surface area contributed by atoms with Crippen molar-refractivity contribution in [2.24, 2.45) is 0 Å². The molecule has 1 saturated heterocycles. The summed E-state index contributed by atoms with van der Waals surface area (Å²) in [7, 11) is 0. The number of hydrogen-bond donors (Lipinski definition) is 1. The molecule has 1 aromatic carbocycles. The Bertz CT molecular complexity index is 593. The van der Waals surface area contributed by atoms with Gasteiger partial charge in [-0.05, 0) is 45.2 Å². The van der Waals surface area contributed by atoms with Crippen LogP contribution in [0.1, 0.15) is 38.3 Å². The highest BCUT2D eigenvalue weighted by Gasteiger charge is 2.24. The molecule has 0 bridgehead atoms. The van der Waals surface area contributed by atoms with E-state index in [0.29, 0.717) is 32.6 Å². The van der Waals surface area contributed by atoms with Crippen LogP contribution < -0.4 is 5.32 Å². The van der Waals surface area contributed by atoms with Crippen molar-refractivity contribution < 1.29 is 9.59 Å². The van der Waals surface area contributed by atoms with E-state index in [1.807, 2.05) is 61.8 Å². The monoisotopic (exact) mass is 331 g/mol. The van der Waals surface area contributed by atoms with Gasteiger partial charge in [0.25, 0.3) is 0 Å². The molecule has 0 radical (unpaired) electrons. The van der Waals surface area contributed by atoms with Crippen molar-refractivity contribution in [1.82, 2.24) is 15.1 Å². The Balaban J connectivity index is 1.92. The fourth-order valence-electron chi connectivity index (χ4n) is 2.85. The first-order valence-corrected chi connectivity index (χ1v) is 8.65. The molecular formula is C19H29N3O2. The molecule has 2 rings (SSSR count). The van der Waals surface area contributed by atoms with Gasteiger partial charge in [-0.1, -0.05) is 24.3 Å². The molecule has 1 aliphatic rings. The van der Waals surface area contributed by atoms with Crippen LogP contribution in [0.4, 0.5) is 4.79 Å². The maximum Gasteiger partial charge on any atom is 0.317 e. The van der Waals surface area contributed by atoms with Crippen molar-refractivity contribution in [3.8, 4) is 0 Å². The number of carbonyl (C=O) groups excluding carboxylic acids is 2. The zero-order valence-corrected chi connectivity index (χ0v) is 15.3. The highest BCUT2D eigenvalue weighted by Crippen LogP contribution is 2.12. The number of nitrogens with one attached hydrogen (secondary N) is 1. The van der Waals surface area contributed by atoms with E-state index in [1.54, 1.807) is 0 Å². The Morgan fingerprint density at radius 1 is 1.04 bits per heavy atom. The molecule has 3 amide bonds. The topological polar surface area (TPSA) is 52.7 Å². The van der Waals surface area contributed by atoms with Crippen molar-refractivity contribution in [2.75, 3.05) is 26.2 Å². The standard InChI is InChI=1S/C19H29N3O2/c1-15-8-5-6-9-16(15)14-17(23)21-10-7-11-22(13-12-21)18(24)20-19(2,3)4/h5-6,8-9H,7,10-14H2,1-4H3,(H,20,24). The molecule has 0 saturated carbocycles. The minimum atomic E-state index is -0.246. The van der Waals surface area contributed by atoms with E-state index in [-0.39, 0.29) is 17.5 Å². The Morgan fingerprint density at radius 3 is 2.33 bits per heavy atom. The smallest absolute Gasteiger partial charge is 0.317 e. The molecular weight excluding hydrogens is 302 g/mol. The molecule has 132 valence electrons. The lowest BCUT2D eigenvalue weighted by atomic mass is 10.1. The highest BCUT2D eigenvalue weighted by molar-refractivity contribution is 5.79. The zero-order chi connectivity index (χ0) is 17.7. The van der Waals surface area contributed by atoms with Crippen molar-refractivity contribution >= 4 is 11.9 Å². The van der Waals surface area contributed by atoms with Crippen LogP contribution in [-0.4, -0.2) is 53.5 Å². The van der Waals surface area contributed by atoms with Gasteiger partial charge in [0.05, 0.1) is 6.42 Å². The summed E-state index contributed by atoms with van der Waals surface area (Å²) < 4.78 is 0. The third-order valence-corrected chi connectivity index (χ3v) is 4.22. The van der Waals surface area contributed by atoms with Crippen LogP contribution in [0.3, 0.4) is 0 Å². The summed E-state index contributed by atoms with van der Waals surface area (Å²) in [6.07, 6.45) is 1.25. The Kier molecular flexibility index (Phi) is 5.86. The molecule has 0 spiro atoms. The molecule has 0 unspecified atom stereocenters. The molecule has 1 fully saturated rings. The maximum atomic E-state index is 12.6. The number of urea groups is 1. The zero-order valence-electron chi connectivity index (χ0n) is 15.3. The van der Waals surface area contributed by atoms with Gasteiger partial charge >= 0.3 is 6.03 Å². The van der Waals surface area contributed by atoms with Crippen LogP contribution in [0.5, 0.6) is 0 Å². The number of aryl methyl sites for hydroxylation is 1. The van der Waals surface area contributed by atoms with E-state index < -0.39 is 0 Å². The third kappa shape index (κ3) is 5.25. The number of hydrogen-bond acceptors (Lipinski definition) is 2. The Hall–Kier alpha value is -2.04. The van der Waals surface area contributed by atoms with Crippen molar-refractivity contribution in [1.29, 1.82) is 0 Å². The average Bonchev–Trinajstić information content (AvgIpc) is 2.74. The Morgan fingerprint density at radius 2 is 1.67 bits per heavy atom. The maximum absolute atomic E-state index is 12.6. The summed E-state index contributed by atoms with van der Waals surface area (Å²) in [5, 5.41) is 2.99. The lowest BCUT2D eigenvalue weighted by Gasteiger charge is -2.27. The second-order valence-corrected chi connectivity index (χ2v) is 7.50. The van der Waals surface area contributed by atoms with E-state index in [0.717, 1.165) is 17.5 Å². The lowest BCUT2D eigenvalue weighted by molar-refractivity contribution is -0.130. The molecule has 0 atom stereocenters. The summed E-state index contributed by atoms with van der Waals surface area (Å²) in [6.45, 7) is 10.5. The number of carbonyl (C=O) groups is 2. The molecule has 5 heteroatoms. The van der Waals surface area contributed by atoms with E-state index in [1.165, 1.54) is 0 Å².